The maximum atomic E-state index is 11.9. The molecule has 22 heavy (non-hydrogen) atoms. The first-order valence-electron chi connectivity index (χ1n) is 7.79. The van der Waals surface area contributed by atoms with Gasteiger partial charge in [-0.1, -0.05) is 26.0 Å². The number of hydrogen-bond donors (Lipinski definition) is 3. The van der Waals surface area contributed by atoms with Gasteiger partial charge in [0.1, 0.15) is 12.4 Å². The van der Waals surface area contributed by atoms with Gasteiger partial charge in [-0.15, -0.1) is 0 Å². The molecule has 0 aromatic heterocycles. The molecule has 124 valence electrons. The Hall–Kier alpha value is -1.75. The van der Waals surface area contributed by atoms with Crippen molar-refractivity contribution in [2.24, 2.45) is 5.92 Å². The van der Waals surface area contributed by atoms with Gasteiger partial charge in [-0.25, -0.2) is 4.79 Å². The van der Waals surface area contributed by atoms with Crippen molar-refractivity contribution >= 4 is 6.03 Å². The third-order valence-corrected chi connectivity index (χ3v) is 3.43. The zero-order valence-corrected chi connectivity index (χ0v) is 13.9. The molecule has 0 bridgehead atoms. The third kappa shape index (κ3) is 6.80. The van der Waals surface area contributed by atoms with Gasteiger partial charge in [0, 0.05) is 12.6 Å². The van der Waals surface area contributed by atoms with Crippen molar-refractivity contribution in [2.75, 3.05) is 13.2 Å². The third-order valence-electron chi connectivity index (χ3n) is 3.43. The lowest BCUT2D eigenvalue weighted by Gasteiger charge is -2.23. The zero-order chi connectivity index (χ0) is 16.5. The van der Waals surface area contributed by atoms with E-state index in [0.717, 1.165) is 11.3 Å². The van der Waals surface area contributed by atoms with E-state index in [9.17, 15) is 4.79 Å². The van der Waals surface area contributed by atoms with E-state index in [1.54, 1.807) is 0 Å². The standard InChI is InChI=1S/C17H28N2O3/c1-12(2)16(8-9-20)19-17(21)18-14(4)11-22-15-7-5-6-13(3)10-15/h5-7,10,12,14,16,20H,8-9,11H2,1-4H3,(H2,18,19,21). The SMILES string of the molecule is Cc1cccc(OCC(C)NC(=O)NC(CCO)C(C)C)c1. The van der Waals surface area contributed by atoms with Crippen LogP contribution in [-0.2, 0) is 0 Å². The summed E-state index contributed by atoms with van der Waals surface area (Å²) in [6.45, 7) is 8.41. The molecule has 1 aromatic rings. The van der Waals surface area contributed by atoms with Gasteiger partial charge in [0.15, 0.2) is 0 Å². The fourth-order valence-corrected chi connectivity index (χ4v) is 2.11. The Labute approximate surface area is 133 Å². The van der Waals surface area contributed by atoms with E-state index in [2.05, 4.69) is 10.6 Å². The van der Waals surface area contributed by atoms with Crippen LogP contribution in [-0.4, -0.2) is 36.4 Å². The fourth-order valence-electron chi connectivity index (χ4n) is 2.11. The smallest absolute Gasteiger partial charge is 0.315 e. The predicted molar refractivity (Wildman–Crippen MR) is 88.1 cm³/mol. The lowest BCUT2D eigenvalue weighted by atomic mass is 10.0. The summed E-state index contributed by atoms with van der Waals surface area (Å²) in [5, 5.41) is 14.8. The Kier molecular flexibility index (Phi) is 7.74. The second kappa shape index (κ2) is 9.30. The highest BCUT2D eigenvalue weighted by Crippen LogP contribution is 2.12. The summed E-state index contributed by atoms with van der Waals surface area (Å²) in [5.74, 6) is 1.08. The summed E-state index contributed by atoms with van der Waals surface area (Å²) in [5.41, 5.74) is 1.14. The Morgan fingerprint density at radius 2 is 2.00 bits per heavy atom. The Morgan fingerprint density at radius 3 is 2.59 bits per heavy atom. The molecular weight excluding hydrogens is 280 g/mol. The molecule has 2 amide bonds. The molecule has 0 saturated heterocycles. The summed E-state index contributed by atoms with van der Waals surface area (Å²) in [6.07, 6.45) is 0.555. The maximum Gasteiger partial charge on any atom is 0.315 e. The molecule has 0 aliphatic heterocycles. The minimum Gasteiger partial charge on any atom is -0.491 e. The van der Waals surface area contributed by atoms with Crippen molar-refractivity contribution < 1.29 is 14.6 Å². The maximum absolute atomic E-state index is 11.9. The van der Waals surface area contributed by atoms with Crippen LogP contribution < -0.4 is 15.4 Å². The number of carbonyl (C=O) groups is 1. The summed E-state index contributed by atoms with van der Waals surface area (Å²) in [4.78, 5) is 11.9. The number of aliphatic hydroxyl groups is 1. The van der Waals surface area contributed by atoms with Crippen LogP contribution in [0.1, 0.15) is 32.8 Å². The van der Waals surface area contributed by atoms with Crippen LogP contribution in [0.15, 0.2) is 24.3 Å². The average Bonchev–Trinajstić information content (AvgIpc) is 2.44. The van der Waals surface area contributed by atoms with Crippen molar-refractivity contribution in [1.29, 1.82) is 0 Å². The highest BCUT2D eigenvalue weighted by atomic mass is 16.5. The molecule has 3 N–H and O–H groups in total. The lowest BCUT2D eigenvalue weighted by molar-refractivity contribution is 0.209. The summed E-state index contributed by atoms with van der Waals surface area (Å²) in [6, 6.07) is 7.44. The average molecular weight is 308 g/mol. The number of hydrogen-bond acceptors (Lipinski definition) is 3. The number of aliphatic hydroxyl groups excluding tert-OH is 1. The van der Waals surface area contributed by atoms with E-state index < -0.39 is 0 Å². The van der Waals surface area contributed by atoms with Crippen LogP contribution in [0.5, 0.6) is 5.75 Å². The van der Waals surface area contributed by atoms with Gasteiger partial charge in [-0.3, -0.25) is 0 Å². The molecule has 5 heteroatoms. The van der Waals surface area contributed by atoms with E-state index in [-0.39, 0.29) is 30.6 Å². The summed E-state index contributed by atoms with van der Waals surface area (Å²) in [7, 11) is 0. The number of carbonyl (C=O) groups excluding carboxylic acids is 1. The van der Waals surface area contributed by atoms with Crippen molar-refractivity contribution in [1.82, 2.24) is 10.6 Å². The number of nitrogens with one attached hydrogen (secondary N) is 2. The van der Waals surface area contributed by atoms with Crippen LogP contribution in [0, 0.1) is 12.8 Å². The van der Waals surface area contributed by atoms with Crippen molar-refractivity contribution in [2.45, 2.75) is 46.2 Å². The number of urea groups is 1. The molecule has 0 radical (unpaired) electrons. The van der Waals surface area contributed by atoms with Crippen molar-refractivity contribution in [3.05, 3.63) is 29.8 Å². The second-order valence-corrected chi connectivity index (χ2v) is 6.01. The molecule has 5 nitrogen and oxygen atoms in total. The van der Waals surface area contributed by atoms with E-state index in [0.29, 0.717) is 13.0 Å². The Balaban J connectivity index is 2.37. The van der Waals surface area contributed by atoms with Crippen LogP contribution in [0.4, 0.5) is 4.79 Å². The van der Waals surface area contributed by atoms with E-state index in [4.69, 9.17) is 9.84 Å². The largest absolute Gasteiger partial charge is 0.491 e. The first kappa shape index (κ1) is 18.3. The Morgan fingerprint density at radius 1 is 1.27 bits per heavy atom. The summed E-state index contributed by atoms with van der Waals surface area (Å²) >= 11 is 0. The van der Waals surface area contributed by atoms with Gasteiger partial charge in [0.25, 0.3) is 0 Å². The molecule has 2 unspecified atom stereocenters. The molecule has 0 aliphatic carbocycles. The van der Waals surface area contributed by atoms with Gasteiger partial charge in [-0.2, -0.15) is 0 Å². The van der Waals surface area contributed by atoms with E-state index in [1.165, 1.54) is 0 Å². The topological polar surface area (TPSA) is 70.6 Å². The second-order valence-electron chi connectivity index (χ2n) is 6.01. The van der Waals surface area contributed by atoms with Crippen LogP contribution >= 0.6 is 0 Å². The molecule has 1 aromatic carbocycles. The van der Waals surface area contributed by atoms with Gasteiger partial charge in [0.2, 0.25) is 0 Å². The highest BCUT2D eigenvalue weighted by molar-refractivity contribution is 5.74. The van der Waals surface area contributed by atoms with Crippen molar-refractivity contribution in [3.8, 4) is 5.75 Å². The van der Waals surface area contributed by atoms with Crippen LogP contribution in [0.2, 0.25) is 0 Å². The van der Waals surface area contributed by atoms with E-state index >= 15 is 0 Å². The monoisotopic (exact) mass is 308 g/mol. The normalized spacial score (nSPS) is 13.5. The predicted octanol–water partition coefficient (Wildman–Crippen LogP) is 2.47. The molecule has 0 spiro atoms. The first-order chi connectivity index (χ1) is 10.4. The first-order valence-corrected chi connectivity index (χ1v) is 7.79. The number of benzene rings is 1. The van der Waals surface area contributed by atoms with Crippen LogP contribution in [0.3, 0.4) is 0 Å². The number of rotatable bonds is 8. The molecule has 0 saturated carbocycles. The minimum absolute atomic E-state index is 0.0325. The fraction of sp³-hybridized carbons (Fsp3) is 0.588. The Bertz CT molecular complexity index is 463. The minimum atomic E-state index is -0.229. The number of ether oxygens (including phenoxy) is 1. The number of amides is 2. The lowest BCUT2D eigenvalue weighted by Crippen LogP contribution is -2.48. The van der Waals surface area contributed by atoms with Gasteiger partial charge >= 0.3 is 6.03 Å². The molecule has 0 fully saturated rings. The molecule has 0 aliphatic rings. The summed E-state index contributed by atoms with van der Waals surface area (Å²) < 4.78 is 5.67. The molecule has 2 atom stereocenters. The van der Waals surface area contributed by atoms with Crippen molar-refractivity contribution in [3.63, 3.8) is 0 Å². The highest BCUT2D eigenvalue weighted by Gasteiger charge is 2.16. The zero-order valence-electron chi connectivity index (χ0n) is 13.9. The quantitative estimate of drug-likeness (QED) is 0.691. The van der Waals surface area contributed by atoms with Crippen LogP contribution in [0.25, 0.3) is 0 Å². The van der Waals surface area contributed by atoms with Gasteiger partial charge < -0.3 is 20.5 Å². The molecular formula is C17H28N2O3. The molecule has 0 heterocycles. The van der Waals surface area contributed by atoms with E-state index in [1.807, 2.05) is 52.0 Å². The van der Waals surface area contributed by atoms with Gasteiger partial charge in [0.05, 0.1) is 6.04 Å². The van der Waals surface area contributed by atoms with Gasteiger partial charge in [-0.05, 0) is 43.9 Å². The molecule has 1 rings (SSSR count). The number of aryl methyl sites for hydroxylation is 1.